The number of carbonyl (C=O) groups is 3. The third-order valence-electron chi connectivity index (χ3n) is 3.77. The maximum Gasteiger partial charge on any atom is 0.330 e. The predicted molar refractivity (Wildman–Crippen MR) is 65.4 cm³/mol. The summed E-state index contributed by atoms with van der Waals surface area (Å²) in [5.74, 6) is -1.27. The largest absolute Gasteiger partial charge is 0.330 e. The highest BCUT2D eigenvalue weighted by Gasteiger charge is 2.57. The van der Waals surface area contributed by atoms with Gasteiger partial charge < -0.3 is 0 Å². The summed E-state index contributed by atoms with van der Waals surface area (Å²) in [6.45, 7) is 5.46. The van der Waals surface area contributed by atoms with E-state index in [1.807, 2.05) is 12.2 Å². The molecule has 96 valence electrons. The van der Waals surface area contributed by atoms with Gasteiger partial charge in [0.1, 0.15) is 0 Å². The van der Waals surface area contributed by atoms with Crippen LogP contribution in [-0.2, 0) is 9.59 Å². The molecule has 0 saturated carbocycles. The quantitative estimate of drug-likeness (QED) is 0.590. The molecule has 1 aliphatic heterocycles. The molecule has 0 aromatic heterocycles. The number of hydrogen-bond acceptors (Lipinski definition) is 3. The summed E-state index contributed by atoms with van der Waals surface area (Å²) < 4.78 is 0. The van der Waals surface area contributed by atoms with Crippen molar-refractivity contribution in [2.24, 2.45) is 11.3 Å². The number of allylic oxidation sites excluding steroid dienone is 2. The predicted octanol–water partition coefficient (Wildman–Crippen LogP) is 1.22. The Bertz CT molecular complexity index is 481. The Balaban J connectivity index is 2.54. The minimum Gasteiger partial charge on any atom is -0.276 e. The van der Waals surface area contributed by atoms with Crippen molar-refractivity contribution in [2.45, 2.75) is 19.8 Å². The van der Waals surface area contributed by atoms with Crippen molar-refractivity contribution in [3.05, 3.63) is 24.3 Å². The summed E-state index contributed by atoms with van der Waals surface area (Å²) >= 11 is 0. The van der Waals surface area contributed by atoms with Crippen LogP contribution in [0.2, 0.25) is 0 Å². The van der Waals surface area contributed by atoms with Crippen LogP contribution in [0.25, 0.3) is 0 Å². The standard InChI is InChI=1S/C13H16N2O3/c1-8(2)13(9-6-4-5-7-9)10(16)14-12(18)15(3)11(13)17/h4,6,9H,1,5,7H2,2-3H3,(H,14,16,18). The molecule has 2 rings (SSSR count). The molecule has 2 atom stereocenters. The number of urea groups is 1. The molecule has 4 amide bonds. The van der Waals surface area contributed by atoms with E-state index in [-0.39, 0.29) is 5.92 Å². The molecule has 0 radical (unpaired) electrons. The lowest BCUT2D eigenvalue weighted by Gasteiger charge is -2.41. The van der Waals surface area contributed by atoms with Crippen molar-refractivity contribution in [1.29, 1.82) is 0 Å². The fourth-order valence-corrected chi connectivity index (χ4v) is 2.75. The first-order valence-corrected chi connectivity index (χ1v) is 5.88. The van der Waals surface area contributed by atoms with Crippen LogP contribution >= 0.6 is 0 Å². The first-order chi connectivity index (χ1) is 8.42. The van der Waals surface area contributed by atoms with Gasteiger partial charge in [0.15, 0.2) is 5.41 Å². The van der Waals surface area contributed by atoms with Gasteiger partial charge in [0.05, 0.1) is 0 Å². The van der Waals surface area contributed by atoms with Crippen molar-refractivity contribution in [3.8, 4) is 0 Å². The van der Waals surface area contributed by atoms with Crippen molar-refractivity contribution < 1.29 is 14.4 Å². The number of nitrogens with zero attached hydrogens (tertiary/aromatic N) is 1. The fraction of sp³-hybridized carbons (Fsp3) is 0.462. The molecular weight excluding hydrogens is 232 g/mol. The van der Waals surface area contributed by atoms with E-state index in [0.717, 1.165) is 11.3 Å². The molecule has 0 aromatic carbocycles. The molecule has 1 heterocycles. The van der Waals surface area contributed by atoms with Gasteiger partial charge in [-0.15, -0.1) is 0 Å². The molecule has 18 heavy (non-hydrogen) atoms. The number of barbiturate groups is 1. The Morgan fingerprint density at radius 3 is 2.67 bits per heavy atom. The molecule has 1 saturated heterocycles. The van der Waals surface area contributed by atoms with E-state index in [1.165, 1.54) is 7.05 Å². The van der Waals surface area contributed by atoms with Gasteiger partial charge in [-0.05, 0) is 19.8 Å². The third kappa shape index (κ3) is 1.43. The molecule has 2 unspecified atom stereocenters. The van der Waals surface area contributed by atoms with Gasteiger partial charge in [-0.3, -0.25) is 19.8 Å². The van der Waals surface area contributed by atoms with Gasteiger partial charge in [0.2, 0.25) is 5.91 Å². The van der Waals surface area contributed by atoms with Crippen molar-refractivity contribution in [2.75, 3.05) is 7.05 Å². The summed E-state index contributed by atoms with van der Waals surface area (Å²) in [4.78, 5) is 37.1. The number of hydrogen-bond donors (Lipinski definition) is 1. The second-order valence-corrected chi connectivity index (χ2v) is 4.82. The number of amides is 4. The van der Waals surface area contributed by atoms with Gasteiger partial charge >= 0.3 is 6.03 Å². The highest BCUT2D eigenvalue weighted by atomic mass is 16.2. The van der Waals surface area contributed by atoms with E-state index in [1.54, 1.807) is 6.92 Å². The van der Waals surface area contributed by atoms with Crippen LogP contribution in [0.15, 0.2) is 24.3 Å². The third-order valence-corrected chi connectivity index (χ3v) is 3.77. The SMILES string of the molecule is C=C(C)C1(C2C=CCC2)C(=O)NC(=O)N(C)C1=O. The number of imide groups is 2. The Hall–Kier alpha value is -1.91. The Morgan fingerprint density at radius 1 is 1.50 bits per heavy atom. The minimum atomic E-state index is -1.34. The van der Waals surface area contributed by atoms with E-state index in [4.69, 9.17) is 0 Å². The first-order valence-electron chi connectivity index (χ1n) is 5.88. The zero-order valence-electron chi connectivity index (χ0n) is 10.5. The van der Waals surface area contributed by atoms with Gasteiger partial charge in [-0.25, -0.2) is 4.79 Å². The lowest BCUT2D eigenvalue weighted by Crippen LogP contribution is -2.65. The Kier molecular flexibility index (Phi) is 2.84. The summed E-state index contributed by atoms with van der Waals surface area (Å²) in [5.41, 5.74) is -0.865. The van der Waals surface area contributed by atoms with E-state index >= 15 is 0 Å². The van der Waals surface area contributed by atoms with Crippen molar-refractivity contribution in [1.82, 2.24) is 10.2 Å². The van der Waals surface area contributed by atoms with Crippen molar-refractivity contribution >= 4 is 17.8 Å². The van der Waals surface area contributed by atoms with Gasteiger partial charge in [0, 0.05) is 13.0 Å². The van der Waals surface area contributed by atoms with Crippen LogP contribution in [0.1, 0.15) is 19.8 Å². The van der Waals surface area contributed by atoms with Gasteiger partial charge in [-0.1, -0.05) is 24.3 Å². The smallest absolute Gasteiger partial charge is 0.276 e. The lowest BCUT2D eigenvalue weighted by atomic mass is 9.67. The van der Waals surface area contributed by atoms with Crippen LogP contribution < -0.4 is 5.32 Å². The highest BCUT2D eigenvalue weighted by molar-refractivity contribution is 6.21. The monoisotopic (exact) mass is 248 g/mol. The molecule has 1 fully saturated rings. The molecule has 5 heteroatoms. The minimum absolute atomic E-state index is 0.224. The van der Waals surface area contributed by atoms with Crippen LogP contribution in [0.4, 0.5) is 4.79 Å². The second-order valence-electron chi connectivity index (χ2n) is 4.82. The molecule has 1 aliphatic carbocycles. The molecule has 0 bridgehead atoms. The molecular formula is C13H16N2O3. The van der Waals surface area contributed by atoms with Crippen molar-refractivity contribution in [3.63, 3.8) is 0 Å². The average Bonchev–Trinajstić information content (AvgIpc) is 2.80. The van der Waals surface area contributed by atoms with E-state index in [0.29, 0.717) is 12.0 Å². The average molecular weight is 248 g/mol. The Labute approximate surface area is 106 Å². The lowest BCUT2D eigenvalue weighted by molar-refractivity contribution is -0.150. The number of carbonyl (C=O) groups excluding carboxylic acids is 3. The summed E-state index contributed by atoms with van der Waals surface area (Å²) in [7, 11) is 1.38. The normalized spacial score (nSPS) is 31.8. The number of rotatable bonds is 2. The van der Waals surface area contributed by atoms with E-state index < -0.39 is 23.3 Å². The first kappa shape index (κ1) is 12.5. The second kappa shape index (κ2) is 4.08. The maximum absolute atomic E-state index is 12.4. The zero-order chi connectivity index (χ0) is 13.5. The van der Waals surface area contributed by atoms with Gasteiger partial charge in [-0.2, -0.15) is 0 Å². The fourth-order valence-electron chi connectivity index (χ4n) is 2.75. The highest BCUT2D eigenvalue weighted by Crippen LogP contribution is 2.44. The summed E-state index contributed by atoms with van der Waals surface area (Å²) in [6, 6.07) is -0.677. The zero-order valence-corrected chi connectivity index (χ0v) is 10.5. The Morgan fingerprint density at radius 2 is 2.17 bits per heavy atom. The molecule has 2 aliphatic rings. The van der Waals surface area contributed by atoms with E-state index in [2.05, 4.69) is 11.9 Å². The van der Waals surface area contributed by atoms with E-state index in [9.17, 15) is 14.4 Å². The van der Waals surface area contributed by atoms with Crippen LogP contribution in [0, 0.1) is 11.3 Å². The van der Waals surface area contributed by atoms with Crippen LogP contribution in [0.3, 0.4) is 0 Å². The molecule has 5 nitrogen and oxygen atoms in total. The summed E-state index contributed by atoms with van der Waals surface area (Å²) in [5, 5.41) is 2.24. The molecule has 0 spiro atoms. The topological polar surface area (TPSA) is 66.5 Å². The maximum atomic E-state index is 12.4. The number of nitrogens with one attached hydrogen (secondary N) is 1. The van der Waals surface area contributed by atoms with Crippen LogP contribution in [-0.4, -0.2) is 29.8 Å². The molecule has 1 N–H and O–H groups in total. The molecule has 0 aromatic rings. The van der Waals surface area contributed by atoms with Crippen LogP contribution in [0.5, 0.6) is 0 Å². The summed E-state index contributed by atoms with van der Waals surface area (Å²) in [6.07, 6.45) is 5.37. The van der Waals surface area contributed by atoms with Gasteiger partial charge in [0.25, 0.3) is 5.91 Å².